The number of rotatable bonds is 5. The molecule has 1 aromatic carbocycles. The average Bonchev–Trinajstić information content (AvgIpc) is 3.33. The number of nitrogens with zero attached hydrogens (tertiary/aromatic N) is 2. The molecule has 2 aromatic heterocycles. The summed E-state index contributed by atoms with van der Waals surface area (Å²) in [6.07, 6.45) is 1.63. The molecule has 0 amide bonds. The lowest BCUT2D eigenvalue weighted by atomic mass is 10.2. The number of carboxylic acids is 2. The van der Waals surface area contributed by atoms with Gasteiger partial charge in [-0.25, -0.2) is 14.0 Å². The normalized spacial score (nSPS) is 11.3. The van der Waals surface area contributed by atoms with Gasteiger partial charge >= 0.3 is 11.9 Å². The highest BCUT2D eigenvalue weighted by atomic mass is 19.1. The third-order valence-corrected chi connectivity index (χ3v) is 3.25. The lowest BCUT2D eigenvalue weighted by molar-refractivity contribution is -0.159. The highest BCUT2D eigenvalue weighted by Gasteiger charge is 2.15. The molecule has 10 heteroatoms. The molecule has 0 saturated heterocycles. The Bertz CT molecular complexity index is 864. The van der Waals surface area contributed by atoms with Gasteiger partial charge in [0.25, 0.3) is 0 Å². The Morgan fingerprint density at radius 2 is 1.81 bits per heavy atom. The van der Waals surface area contributed by atoms with E-state index in [0.29, 0.717) is 23.9 Å². The van der Waals surface area contributed by atoms with E-state index in [1.54, 1.807) is 18.4 Å². The van der Waals surface area contributed by atoms with Crippen LogP contribution in [0.1, 0.15) is 24.6 Å². The fourth-order valence-electron chi connectivity index (χ4n) is 1.87. The summed E-state index contributed by atoms with van der Waals surface area (Å²) in [5, 5.41) is 26.0. The first-order valence-electron chi connectivity index (χ1n) is 7.68. The third-order valence-electron chi connectivity index (χ3n) is 3.25. The van der Waals surface area contributed by atoms with E-state index in [9.17, 15) is 4.39 Å². The summed E-state index contributed by atoms with van der Waals surface area (Å²) in [6.45, 7) is 2.49. The molecule has 0 spiro atoms. The highest BCUT2D eigenvalue weighted by Crippen LogP contribution is 2.21. The Kier molecular flexibility index (Phi) is 6.78. The van der Waals surface area contributed by atoms with Gasteiger partial charge in [0, 0.05) is 5.56 Å². The van der Waals surface area contributed by atoms with Crippen LogP contribution in [-0.4, -0.2) is 32.3 Å². The minimum atomic E-state index is -1.82. The van der Waals surface area contributed by atoms with E-state index in [4.69, 9.17) is 28.6 Å². The first kappa shape index (κ1) is 19.8. The van der Waals surface area contributed by atoms with Crippen LogP contribution in [0.5, 0.6) is 0 Å². The van der Waals surface area contributed by atoms with Crippen molar-refractivity contribution in [1.29, 1.82) is 0 Å². The van der Waals surface area contributed by atoms with Crippen molar-refractivity contribution < 1.29 is 33.0 Å². The molecule has 0 saturated carbocycles. The fourth-order valence-corrected chi connectivity index (χ4v) is 1.87. The summed E-state index contributed by atoms with van der Waals surface area (Å²) < 4.78 is 23.7. The summed E-state index contributed by atoms with van der Waals surface area (Å²) in [5.41, 5.74) is 0.688. The molecule has 2 heterocycles. The zero-order chi connectivity index (χ0) is 19.8. The topological polar surface area (TPSA) is 139 Å². The van der Waals surface area contributed by atoms with Gasteiger partial charge in [-0.15, -0.1) is 10.2 Å². The van der Waals surface area contributed by atoms with Crippen LogP contribution < -0.4 is 5.32 Å². The number of benzene rings is 1. The largest absolute Gasteiger partial charge is 0.473 e. The van der Waals surface area contributed by atoms with Crippen LogP contribution in [0.15, 0.2) is 51.5 Å². The number of aromatic nitrogens is 2. The van der Waals surface area contributed by atoms with Crippen molar-refractivity contribution >= 4 is 11.9 Å². The molecule has 9 nitrogen and oxygen atoms in total. The molecule has 0 aliphatic carbocycles. The predicted octanol–water partition coefficient (Wildman–Crippen LogP) is 2.48. The Labute approximate surface area is 152 Å². The number of carbonyl (C=O) groups is 2. The van der Waals surface area contributed by atoms with Crippen molar-refractivity contribution in [3.63, 3.8) is 0 Å². The summed E-state index contributed by atoms with van der Waals surface area (Å²) in [6, 6.07) is 9.53. The van der Waals surface area contributed by atoms with Crippen LogP contribution in [-0.2, 0) is 16.1 Å². The molecular weight excluding hydrogens is 361 g/mol. The second-order valence-electron chi connectivity index (χ2n) is 5.24. The maximum atomic E-state index is 12.9. The quantitative estimate of drug-likeness (QED) is 0.572. The van der Waals surface area contributed by atoms with E-state index in [1.165, 1.54) is 12.1 Å². The van der Waals surface area contributed by atoms with E-state index in [2.05, 4.69) is 15.5 Å². The molecule has 3 N–H and O–H groups in total. The van der Waals surface area contributed by atoms with Crippen molar-refractivity contribution in [2.75, 3.05) is 0 Å². The second-order valence-corrected chi connectivity index (χ2v) is 5.24. The molecule has 0 fully saturated rings. The fraction of sp³-hybridized carbons (Fsp3) is 0.176. The van der Waals surface area contributed by atoms with Crippen LogP contribution in [0.4, 0.5) is 4.39 Å². The summed E-state index contributed by atoms with van der Waals surface area (Å²) in [4.78, 5) is 18.2. The second kappa shape index (κ2) is 9.25. The molecule has 1 atom stereocenters. The SMILES string of the molecule is CC(NCc1ccco1)c1nnc(-c2ccc(F)cc2)o1.O=C(O)C(=O)O. The lowest BCUT2D eigenvalue weighted by Gasteiger charge is -2.07. The van der Waals surface area contributed by atoms with E-state index in [0.717, 1.165) is 5.76 Å². The predicted molar refractivity (Wildman–Crippen MR) is 88.9 cm³/mol. The van der Waals surface area contributed by atoms with Gasteiger partial charge in [0.1, 0.15) is 11.6 Å². The monoisotopic (exact) mass is 377 g/mol. The Hall–Kier alpha value is -3.53. The zero-order valence-corrected chi connectivity index (χ0v) is 14.1. The van der Waals surface area contributed by atoms with E-state index < -0.39 is 11.9 Å². The molecule has 0 radical (unpaired) electrons. The van der Waals surface area contributed by atoms with Crippen molar-refractivity contribution in [2.24, 2.45) is 0 Å². The van der Waals surface area contributed by atoms with Crippen LogP contribution in [0.25, 0.3) is 11.5 Å². The standard InChI is InChI=1S/C15H14FN3O2.C2H2O4/c1-10(17-9-13-3-2-8-20-13)14-18-19-15(21-14)11-4-6-12(16)7-5-11;3-1(4)2(5)6/h2-8,10,17H,9H2,1H3;(H,3,4)(H,5,6). The zero-order valence-electron chi connectivity index (χ0n) is 14.1. The smallest absolute Gasteiger partial charge is 0.414 e. The minimum absolute atomic E-state index is 0.114. The van der Waals surface area contributed by atoms with Crippen molar-refractivity contribution in [3.8, 4) is 11.5 Å². The number of furan rings is 1. The van der Waals surface area contributed by atoms with Gasteiger partial charge in [-0.2, -0.15) is 0 Å². The first-order valence-corrected chi connectivity index (χ1v) is 7.68. The molecule has 3 rings (SSSR count). The van der Waals surface area contributed by atoms with Gasteiger partial charge in [0.15, 0.2) is 0 Å². The number of nitrogens with one attached hydrogen (secondary N) is 1. The maximum absolute atomic E-state index is 12.9. The lowest BCUT2D eigenvalue weighted by Crippen LogP contribution is -2.18. The van der Waals surface area contributed by atoms with Crippen molar-refractivity contribution in [2.45, 2.75) is 19.5 Å². The average molecular weight is 377 g/mol. The molecule has 0 aliphatic heterocycles. The first-order chi connectivity index (χ1) is 12.9. The summed E-state index contributed by atoms with van der Waals surface area (Å²) in [7, 11) is 0. The Morgan fingerprint density at radius 3 is 2.37 bits per heavy atom. The summed E-state index contributed by atoms with van der Waals surface area (Å²) in [5.74, 6) is -2.27. The van der Waals surface area contributed by atoms with Gasteiger partial charge in [-0.1, -0.05) is 0 Å². The van der Waals surface area contributed by atoms with Crippen LogP contribution in [0, 0.1) is 5.82 Å². The molecule has 0 bridgehead atoms. The number of carboxylic acid groups (broad SMARTS) is 2. The number of halogens is 1. The highest BCUT2D eigenvalue weighted by molar-refractivity contribution is 6.27. The summed E-state index contributed by atoms with van der Waals surface area (Å²) >= 11 is 0. The van der Waals surface area contributed by atoms with Crippen molar-refractivity contribution in [3.05, 3.63) is 60.1 Å². The molecule has 27 heavy (non-hydrogen) atoms. The number of aliphatic carboxylic acids is 2. The Morgan fingerprint density at radius 1 is 1.15 bits per heavy atom. The molecule has 0 aliphatic rings. The van der Waals surface area contributed by atoms with Gasteiger partial charge in [0.2, 0.25) is 11.8 Å². The number of hydrogen-bond donors (Lipinski definition) is 3. The molecule has 3 aromatic rings. The van der Waals surface area contributed by atoms with E-state index in [-0.39, 0.29) is 11.9 Å². The van der Waals surface area contributed by atoms with Crippen LogP contribution >= 0.6 is 0 Å². The minimum Gasteiger partial charge on any atom is -0.473 e. The molecule has 142 valence electrons. The van der Waals surface area contributed by atoms with E-state index in [1.807, 2.05) is 19.1 Å². The third kappa shape index (κ3) is 6.04. The van der Waals surface area contributed by atoms with E-state index >= 15 is 0 Å². The molecule has 1 unspecified atom stereocenters. The number of hydrogen-bond acceptors (Lipinski definition) is 7. The Balaban J connectivity index is 0.000000380. The molecular formula is C17H16FN3O6. The van der Waals surface area contributed by atoms with Gasteiger partial charge in [-0.05, 0) is 43.3 Å². The van der Waals surface area contributed by atoms with Crippen LogP contribution in [0.3, 0.4) is 0 Å². The maximum Gasteiger partial charge on any atom is 0.414 e. The van der Waals surface area contributed by atoms with Gasteiger partial charge in [-0.3, -0.25) is 5.32 Å². The van der Waals surface area contributed by atoms with Crippen LogP contribution in [0.2, 0.25) is 0 Å². The van der Waals surface area contributed by atoms with Gasteiger partial charge < -0.3 is 19.0 Å². The van der Waals surface area contributed by atoms with Gasteiger partial charge in [0.05, 0.1) is 18.8 Å². The van der Waals surface area contributed by atoms with Crippen molar-refractivity contribution in [1.82, 2.24) is 15.5 Å².